The molecule has 0 saturated heterocycles. The van der Waals surface area contributed by atoms with Gasteiger partial charge in [0, 0.05) is 23.6 Å². The van der Waals surface area contributed by atoms with E-state index >= 15 is 0 Å². The van der Waals surface area contributed by atoms with Crippen LogP contribution in [0.4, 0.5) is 0 Å². The first kappa shape index (κ1) is 20.2. The smallest absolute Gasteiger partial charge is 0.0622 e. The maximum Gasteiger partial charge on any atom is 0.0709 e. The van der Waals surface area contributed by atoms with Crippen LogP contribution in [-0.2, 0) is 5.41 Å². The van der Waals surface area contributed by atoms with Gasteiger partial charge in [-0.15, -0.1) is 0 Å². The number of benzene rings is 3. The molecule has 0 aromatic heterocycles. The van der Waals surface area contributed by atoms with Gasteiger partial charge in [0.2, 0.25) is 0 Å². The second-order valence-corrected chi connectivity index (χ2v) is 8.31. The summed E-state index contributed by atoms with van der Waals surface area (Å²) in [7, 11) is 0. The van der Waals surface area contributed by atoms with Gasteiger partial charge in [0.1, 0.15) is 0 Å². The Hall–Kier alpha value is -3.77. The van der Waals surface area contributed by atoms with Gasteiger partial charge >= 0.3 is 0 Å². The molecule has 0 unspecified atom stereocenters. The van der Waals surface area contributed by atoms with Crippen LogP contribution in [0.3, 0.4) is 0 Å². The monoisotopic (exact) mass is 411 g/mol. The third-order valence-corrected chi connectivity index (χ3v) is 6.51. The van der Waals surface area contributed by atoms with Crippen molar-refractivity contribution in [3.63, 3.8) is 0 Å². The van der Waals surface area contributed by atoms with Crippen molar-refractivity contribution in [2.45, 2.75) is 18.3 Å². The van der Waals surface area contributed by atoms with Crippen molar-refractivity contribution in [3.8, 4) is 0 Å². The van der Waals surface area contributed by atoms with E-state index in [-0.39, 0.29) is 5.41 Å². The molecule has 1 aliphatic carbocycles. The van der Waals surface area contributed by atoms with Crippen molar-refractivity contribution in [1.29, 1.82) is 0 Å². The Kier molecular flexibility index (Phi) is 5.77. The first-order valence-electron chi connectivity index (χ1n) is 11.4. The van der Waals surface area contributed by atoms with Gasteiger partial charge in [0.05, 0.1) is 16.7 Å². The van der Waals surface area contributed by atoms with Gasteiger partial charge in [0.25, 0.3) is 0 Å². The largest absolute Gasteiger partial charge is 0.0709 e. The Morgan fingerprint density at radius 1 is 0.562 bits per heavy atom. The fourth-order valence-corrected chi connectivity index (χ4v) is 4.96. The highest BCUT2D eigenvalue weighted by molar-refractivity contribution is 5.89. The topological polar surface area (TPSA) is 0 Å². The van der Waals surface area contributed by atoms with E-state index in [9.17, 15) is 0 Å². The van der Waals surface area contributed by atoms with Crippen LogP contribution in [0.5, 0.6) is 0 Å². The molecule has 4 aromatic rings. The number of hydrogen-bond donors (Lipinski definition) is 0. The van der Waals surface area contributed by atoms with Gasteiger partial charge in [0.15, 0.2) is 0 Å². The number of fused-ring (bicyclic) bond motifs is 1. The van der Waals surface area contributed by atoms with Crippen molar-refractivity contribution < 1.29 is 0 Å². The Morgan fingerprint density at radius 3 is 1.62 bits per heavy atom. The number of rotatable bonds is 6. The van der Waals surface area contributed by atoms with Crippen LogP contribution in [0.2, 0.25) is 0 Å². The molecule has 0 bridgehead atoms. The molecule has 0 nitrogen and oxygen atoms in total. The van der Waals surface area contributed by atoms with Gasteiger partial charge < -0.3 is 0 Å². The molecule has 4 aromatic carbocycles. The fourth-order valence-electron chi connectivity index (χ4n) is 4.96. The molecule has 0 radical (unpaired) electrons. The van der Waals surface area contributed by atoms with E-state index in [0.29, 0.717) is 0 Å². The summed E-state index contributed by atoms with van der Waals surface area (Å²) in [4.78, 5) is 0. The van der Waals surface area contributed by atoms with E-state index in [1.54, 1.807) is 0 Å². The van der Waals surface area contributed by atoms with Crippen molar-refractivity contribution in [1.82, 2.24) is 0 Å². The number of hydrogen-bond acceptors (Lipinski definition) is 0. The average Bonchev–Trinajstić information content (AvgIpc) is 3.09. The van der Waals surface area contributed by atoms with Crippen LogP contribution in [0.15, 0.2) is 133 Å². The lowest BCUT2D eigenvalue weighted by Crippen LogP contribution is -2.29. The van der Waals surface area contributed by atoms with Crippen molar-refractivity contribution in [2.24, 2.45) is 0 Å². The Bertz CT molecular complexity index is 1140. The Labute approximate surface area is 191 Å². The SMILES string of the molecule is C1=Cc2ccccc[c+]2/C1=C\CCC(c1ccccc1)(c1ccccc1)c1ccccc1. The molecule has 5 rings (SSSR count). The second kappa shape index (κ2) is 9.16. The predicted molar refractivity (Wildman–Crippen MR) is 136 cm³/mol. The standard InChI is InChI=1S/C32H27/c1-5-14-26-23-24-27(31(26)22-12-1)15-13-25-32(28-16-6-2-7-17-28,29-18-8-3-9-19-29)30-20-10-4-11-21-30/h1-12,14-24H,13,25H2/q+1/b27-15-. The van der Waals surface area contributed by atoms with Crippen molar-refractivity contribution in [2.75, 3.05) is 0 Å². The van der Waals surface area contributed by atoms with Crippen LogP contribution in [0, 0.1) is 0 Å². The maximum absolute atomic E-state index is 2.41. The lowest BCUT2D eigenvalue weighted by Gasteiger charge is -2.36. The summed E-state index contributed by atoms with van der Waals surface area (Å²) < 4.78 is 0. The summed E-state index contributed by atoms with van der Waals surface area (Å²) in [5.74, 6) is 0. The molecule has 0 heteroatoms. The molecule has 0 spiro atoms. The van der Waals surface area contributed by atoms with E-state index in [1.807, 2.05) is 0 Å². The fraction of sp³-hybridized carbons (Fsp3) is 0.0938. The van der Waals surface area contributed by atoms with Gasteiger partial charge in [-0.05, 0) is 59.9 Å². The molecule has 0 atom stereocenters. The molecular weight excluding hydrogens is 384 g/mol. The average molecular weight is 412 g/mol. The zero-order valence-electron chi connectivity index (χ0n) is 18.2. The number of allylic oxidation sites excluding steroid dienone is 3. The highest BCUT2D eigenvalue weighted by Crippen LogP contribution is 2.43. The van der Waals surface area contributed by atoms with Crippen LogP contribution in [0.1, 0.15) is 40.7 Å². The van der Waals surface area contributed by atoms with Gasteiger partial charge in [-0.25, -0.2) is 0 Å². The highest BCUT2D eigenvalue weighted by atomic mass is 14.4. The molecule has 32 heavy (non-hydrogen) atoms. The second-order valence-electron chi connectivity index (χ2n) is 8.31. The molecule has 1 aliphatic rings. The minimum absolute atomic E-state index is 0.201. The molecule has 0 saturated carbocycles. The molecular formula is C32H27+. The zero-order valence-corrected chi connectivity index (χ0v) is 18.2. The normalized spacial score (nSPS) is 13.8. The summed E-state index contributed by atoms with van der Waals surface area (Å²) in [6.45, 7) is 0. The van der Waals surface area contributed by atoms with Crippen molar-refractivity contribution in [3.05, 3.63) is 161 Å². The van der Waals surface area contributed by atoms with Gasteiger partial charge in [-0.3, -0.25) is 0 Å². The molecule has 0 heterocycles. The van der Waals surface area contributed by atoms with E-state index in [1.165, 1.54) is 33.4 Å². The van der Waals surface area contributed by atoms with E-state index < -0.39 is 0 Å². The summed E-state index contributed by atoms with van der Waals surface area (Å²) in [5.41, 5.74) is 7.74. The molecule has 154 valence electrons. The zero-order chi connectivity index (χ0) is 21.6. The van der Waals surface area contributed by atoms with Crippen LogP contribution in [0.25, 0.3) is 11.6 Å². The van der Waals surface area contributed by atoms with Crippen LogP contribution < -0.4 is 0 Å². The Morgan fingerprint density at radius 2 is 1.06 bits per heavy atom. The summed E-state index contributed by atoms with van der Waals surface area (Å²) in [6.07, 6.45) is 8.86. The van der Waals surface area contributed by atoms with E-state index in [2.05, 4.69) is 140 Å². The van der Waals surface area contributed by atoms with Gasteiger partial charge in [-0.2, -0.15) is 0 Å². The summed E-state index contributed by atoms with van der Waals surface area (Å²) in [5, 5.41) is 0. The van der Waals surface area contributed by atoms with E-state index in [4.69, 9.17) is 0 Å². The van der Waals surface area contributed by atoms with Crippen molar-refractivity contribution >= 4 is 11.6 Å². The first-order valence-corrected chi connectivity index (χ1v) is 11.4. The predicted octanol–water partition coefficient (Wildman–Crippen LogP) is 8.19. The summed E-state index contributed by atoms with van der Waals surface area (Å²) >= 11 is 0. The van der Waals surface area contributed by atoms with Crippen LogP contribution in [-0.4, -0.2) is 0 Å². The lowest BCUT2D eigenvalue weighted by molar-refractivity contribution is 0.566. The molecule has 0 aliphatic heterocycles. The third kappa shape index (κ3) is 3.81. The third-order valence-electron chi connectivity index (χ3n) is 6.51. The van der Waals surface area contributed by atoms with Crippen LogP contribution >= 0.6 is 0 Å². The minimum Gasteiger partial charge on any atom is -0.0622 e. The van der Waals surface area contributed by atoms with Gasteiger partial charge in [-0.1, -0.05) is 91.0 Å². The molecule has 0 amide bonds. The maximum atomic E-state index is 2.41. The lowest BCUT2D eigenvalue weighted by atomic mass is 9.66. The first-order chi connectivity index (χ1) is 15.9. The minimum atomic E-state index is -0.201. The molecule has 0 fully saturated rings. The Balaban J connectivity index is 1.59. The summed E-state index contributed by atoms with van der Waals surface area (Å²) in [6, 6.07) is 43.6. The molecule has 0 N–H and O–H groups in total. The van der Waals surface area contributed by atoms with E-state index in [0.717, 1.165) is 12.8 Å². The quantitative estimate of drug-likeness (QED) is 0.222. The highest BCUT2D eigenvalue weighted by Gasteiger charge is 2.35.